The van der Waals surface area contributed by atoms with Gasteiger partial charge in [0.15, 0.2) is 69.1 Å². The third-order valence-electron chi connectivity index (χ3n) is 18.3. The lowest BCUT2D eigenvalue weighted by Crippen LogP contribution is -2.11. The number of ether oxygens (including phenoxy) is 8. The Balaban J connectivity index is 0.000000181. The lowest BCUT2D eigenvalue weighted by Gasteiger charge is -2.14. The van der Waals surface area contributed by atoms with Crippen LogP contribution >= 0.6 is 47.0 Å². The van der Waals surface area contributed by atoms with Gasteiger partial charge in [0.05, 0.1) is 90.3 Å². The summed E-state index contributed by atoms with van der Waals surface area (Å²) in [6.07, 6.45) is -5.35. The molecule has 0 atom stereocenters. The van der Waals surface area contributed by atoms with Crippen LogP contribution in [0.2, 0.25) is 0 Å². The number of alkyl halides is 12. The van der Waals surface area contributed by atoms with Gasteiger partial charge in [0, 0.05) is 136 Å². The monoisotopic (exact) mass is 1990 g/mol. The number of rotatable bonds is 23. The molecule has 46 heteroatoms. The summed E-state index contributed by atoms with van der Waals surface area (Å²) in [6, 6.07) is 40.4. The summed E-state index contributed by atoms with van der Waals surface area (Å²) in [6.45, 7) is 0.219. The average molecular weight is 1990 g/mol. The van der Waals surface area contributed by atoms with Crippen LogP contribution in [0.3, 0.4) is 0 Å². The summed E-state index contributed by atoms with van der Waals surface area (Å²) in [5.41, 5.74) is -3.83. The van der Waals surface area contributed by atoms with Crippen LogP contribution in [-0.2, 0) is 39.1 Å². The number of carbonyl (C=O) groups is 7. The fourth-order valence-electron chi connectivity index (χ4n) is 11.7. The molecule has 139 heavy (non-hydrogen) atoms. The summed E-state index contributed by atoms with van der Waals surface area (Å²) < 4.78 is 205. The molecule has 4 aromatic carbocycles. The molecular formula is C93H69F12N15O15S4. The Bertz CT molecular complexity index is 5880. The molecule has 12 aromatic rings. The Morgan fingerprint density at radius 2 is 0.475 bits per heavy atom. The van der Waals surface area contributed by atoms with Crippen molar-refractivity contribution in [1.82, 2.24) is 54.6 Å². The van der Waals surface area contributed by atoms with E-state index in [-0.39, 0.29) is 116 Å². The van der Waals surface area contributed by atoms with Gasteiger partial charge in [0.1, 0.15) is 44.4 Å². The number of carbonyl (C=O) groups excluding carboxylic acids is 7. The number of halogens is 12. The van der Waals surface area contributed by atoms with Gasteiger partial charge in [-0.15, -0.1) is 0 Å². The molecule has 8 aromatic heterocycles. The number of nitriles is 4. The van der Waals surface area contributed by atoms with Crippen LogP contribution in [0.5, 0.6) is 46.0 Å². The van der Waals surface area contributed by atoms with Crippen molar-refractivity contribution in [2.45, 2.75) is 44.8 Å². The first-order valence-electron chi connectivity index (χ1n) is 39.6. The number of thioether (sulfide) groups is 4. The zero-order valence-corrected chi connectivity index (χ0v) is 76.1. The molecule has 0 N–H and O–H groups in total. The molecule has 0 unspecified atom stereocenters. The highest BCUT2D eigenvalue weighted by molar-refractivity contribution is 8.00. The quantitative estimate of drug-likeness (QED) is 0.0248. The molecular weight excluding hydrogens is 1920 g/mol. The number of Topliss-reactive ketones (excluding diaryl/α,β-unsaturated/α-hetero) is 4. The summed E-state index contributed by atoms with van der Waals surface area (Å²) >= 11 is 3.10. The zero-order valence-electron chi connectivity index (χ0n) is 72.9. The molecule has 16 rings (SSSR count). The topological polar surface area (TPSA) is 401 Å². The molecule has 0 aliphatic carbocycles. The minimum atomic E-state index is -4.76. The summed E-state index contributed by atoms with van der Waals surface area (Å²) in [4.78, 5) is 115. The van der Waals surface area contributed by atoms with Gasteiger partial charge in [-0.2, -0.15) is 73.7 Å². The lowest BCUT2D eigenvalue weighted by molar-refractivity contribution is -0.138. The molecule has 0 saturated carbocycles. The maximum Gasteiger partial charge on any atom is 0.417 e. The second-order valence-corrected chi connectivity index (χ2v) is 32.5. The zero-order chi connectivity index (χ0) is 101. The van der Waals surface area contributed by atoms with Crippen molar-refractivity contribution < 1.29 is 124 Å². The molecule has 714 valence electrons. The molecule has 0 spiro atoms. The Morgan fingerprint density at radius 3 is 0.633 bits per heavy atom. The fraction of sp³-hybridized carbons (Fsp3) is 0.194. The first kappa shape index (κ1) is 105. The molecule has 4 aliphatic rings. The van der Waals surface area contributed by atoms with E-state index >= 15 is 0 Å². The van der Waals surface area contributed by atoms with Crippen LogP contribution < -0.4 is 37.9 Å². The van der Waals surface area contributed by atoms with Crippen LogP contribution in [0.1, 0.15) is 85.9 Å². The number of amides is 3. The standard InChI is InChI=1S/4C21H12F3N3O3S.3C3H7NO/c4*22-21(23,24)15-8-16(12-3-5-26-6-4-12)27-20(14(15)9-25)31-10-17(28)13-1-2-18-19(7-13)30-11-29-18;3*1-4(2)3-5/h4*1-8H,10-11H2;3*3H,1-2H3. The predicted octanol–water partition coefficient (Wildman–Crippen LogP) is 18.1. The van der Waals surface area contributed by atoms with Gasteiger partial charge < -0.3 is 52.6 Å². The van der Waals surface area contributed by atoms with E-state index in [1.54, 1.807) is 115 Å². The van der Waals surface area contributed by atoms with Crippen molar-refractivity contribution in [2.24, 2.45) is 0 Å². The highest BCUT2D eigenvalue weighted by Gasteiger charge is 2.41. The molecule has 30 nitrogen and oxygen atoms in total. The van der Waals surface area contributed by atoms with Crippen LogP contribution in [0.4, 0.5) is 52.7 Å². The van der Waals surface area contributed by atoms with Crippen molar-refractivity contribution in [3.05, 3.63) is 262 Å². The first-order valence-corrected chi connectivity index (χ1v) is 43.5. The summed E-state index contributed by atoms with van der Waals surface area (Å²) in [5.74, 6) is 1.49. The van der Waals surface area contributed by atoms with Gasteiger partial charge in [-0.3, -0.25) is 53.5 Å². The van der Waals surface area contributed by atoms with Gasteiger partial charge in [-0.25, -0.2) is 19.9 Å². The van der Waals surface area contributed by atoms with E-state index in [2.05, 4.69) is 39.9 Å². The minimum absolute atomic E-state index is 0.0340. The second kappa shape index (κ2) is 48.5. The van der Waals surface area contributed by atoms with Crippen LogP contribution in [0.15, 0.2) is 215 Å². The van der Waals surface area contributed by atoms with Gasteiger partial charge in [-0.1, -0.05) is 47.0 Å². The first-order chi connectivity index (χ1) is 66.3. The lowest BCUT2D eigenvalue weighted by atomic mass is 10.1. The third kappa shape index (κ3) is 29.1. The number of benzene rings is 4. The minimum Gasteiger partial charge on any atom is -0.454 e. The molecule has 3 amide bonds. The van der Waals surface area contributed by atoms with Crippen molar-refractivity contribution in [3.8, 4) is 115 Å². The summed E-state index contributed by atoms with van der Waals surface area (Å²) in [7, 11) is 10.1. The van der Waals surface area contributed by atoms with Crippen molar-refractivity contribution in [1.29, 1.82) is 21.0 Å². The number of aromatic nitrogens is 8. The molecule has 0 bridgehead atoms. The molecule has 0 fully saturated rings. The van der Waals surface area contributed by atoms with Crippen molar-refractivity contribution in [2.75, 3.05) is 92.5 Å². The van der Waals surface area contributed by atoms with Crippen LogP contribution in [0.25, 0.3) is 45.0 Å². The Morgan fingerprint density at radius 1 is 0.302 bits per heavy atom. The number of fused-ring (bicyclic) bond motifs is 4. The fourth-order valence-corrected chi connectivity index (χ4v) is 15.3. The number of hydrogen-bond acceptors (Lipinski definition) is 31. The molecule has 12 heterocycles. The Hall–Kier alpha value is -15.9. The number of nitrogens with zero attached hydrogens (tertiary/aromatic N) is 15. The van der Waals surface area contributed by atoms with E-state index in [9.17, 15) is 107 Å². The highest BCUT2D eigenvalue weighted by Crippen LogP contribution is 2.45. The van der Waals surface area contributed by atoms with Gasteiger partial charge in [0.2, 0.25) is 46.4 Å². The Labute approximate surface area is 799 Å². The van der Waals surface area contributed by atoms with E-state index in [4.69, 9.17) is 37.9 Å². The van der Waals surface area contributed by atoms with E-state index in [1.165, 1.54) is 137 Å². The SMILES string of the molecule is CN(C)C=O.CN(C)C=O.CN(C)C=O.N#Cc1c(C(F)(F)F)cc(-c2ccncc2)nc1SCC(=O)c1ccc2c(c1)OCO2.N#Cc1c(C(F)(F)F)cc(-c2ccncc2)nc1SCC(=O)c1ccc2c(c1)OCO2.N#Cc1c(C(F)(F)F)cc(-c2ccncc2)nc1SCC(=O)c1ccc2c(c1)OCO2.N#Cc1c(C(F)(F)F)cc(-c2ccncc2)nc1SCC(=O)c1ccc2c(c1)OCO2. The largest absolute Gasteiger partial charge is 0.454 e. The Kier molecular flexibility index (Phi) is 36.7. The van der Waals surface area contributed by atoms with Crippen LogP contribution in [0, 0.1) is 45.3 Å². The number of ketones is 4. The maximum atomic E-state index is 13.6. The van der Waals surface area contributed by atoms with E-state index < -0.39 is 69.2 Å². The normalized spacial score (nSPS) is 11.8. The van der Waals surface area contributed by atoms with E-state index in [0.29, 0.717) is 90.5 Å². The number of pyridine rings is 8. The smallest absolute Gasteiger partial charge is 0.417 e. The van der Waals surface area contributed by atoms with Gasteiger partial charge in [0.25, 0.3) is 0 Å². The summed E-state index contributed by atoms with van der Waals surface area (Å²) in [5, 5.41) is 36.9. The van der Waals surface area contributed by atoms with E-state index in [0.717, 1.165) is 90.5 Å². The molecule has 0 saturated heterocycles. The van der Waals surface area contributed by atoms with Gasteiger partial charge in [-0.05, 0) is 146 Å². The predicted molar refractivity (Wildman–Crippen MR) is 478 cm³/mol. The molecule has 0 radical (unpaired) electrons. The van der Waals surface area contributed by atoms with Crippen molar-refractivity contribution in [3.63, 3.8) is 0 Å². The van der Waals surface area contributed by atoms with E-state index in [1.807, 2.05) is 0 Å². The van der Waals surface area contributed by atoms with Gasteiger partial charge >= 0.3 is 24.7 Å². The highest BCUT2D eigenvalue weighted by atomic mass is 32.2. The van der Waals surface area contributed by atoms with Crippen LogP contribution in [-0.4, -0.2) is 189 Å². The van der Waals surface area contributed by atoms with Crippen molar-refractivity contribution >= 4 is 89.4 Å². The maximum absolute atomic E-state index is 13.6. The third-order valence-corrected chi connectivity index (χ3v) is 22.2. The second-order valence-electron chi connectivity index (χ2n) is 28.6. The number of hydrogen-bond donors (Lipinski definition) is 0. The average Bonchev–Trinajstić information content (AvgIpc) is 1.56. The molecule has 4 aliphatic heterocycles.